The Morgan fingerprint density at radius 1 is 0.842 bits per heavy atom. The molecule has 0 fully saturated rings. The maximum absolute atomic E-state index is 11.8. The second kappa shape index (κ2) is 2.56. The summed E-state index contributed by atoms with van der Waals surface area (Å²) in [6.07, 6.45) is 3.35. The van der Waals surface area contributed by atoms with Gasteiger partial charge in [-0.05, 0) is 12.1 Å². The third-order valence-electron chi connectivity index (χ3n) is 3.69. The molecule has 4 heterocycles. The predicted molar refractivity (Wildman–Crippen MR) is 68.2 cm³/mol. The lowest BCUT2D eigenvalue weighted by Gasteiger charge is -2.17. The summed E-state index contributed by atoms with van der Waals surface area (Å²) in [5, 5.41) is 11.6. The predicted octanol–water partition coefficient (Wildman–Crippen LogP) is 0.212. The lowest BCUT2D eigenvalue weighted by molar-refractivity contribution is 0.833. The first kappa shape index (κ1) is 9.03. The number of H-pyrrole nitrogens is 1. The Bertz CT molecular complexity index is 1100. The monoisotopic (exact) mass is 251 g/mol. The van der Waals surface area contributed by atoms with Crippen molar-refractivity contribution < 1.29 is 0 Å². The van der Waals surface area contributed by atoms with E-state index in [4.69, 9.17) is 0 Å². The van der Waals surface area contributed by atoms with Crippen LogP contribution in [0.1, 0.15) is 0 Å². The van der Waals surface area contributed by atoms with Crippen LogP contribution in [-0.2, 0) is 0 Å². The Balaban J connectivity index is 2.31. The molecule has 0 atom stereocenters. The summed E-state index contributed by atoms with van der Waals surface area (Å²) in [6, 6.07) is 3.68. The molecule has 4 aromatic heterocycles. The molecule has 19 heavy (non-hydrogen) atoms. The topological polar surface area (TPSA) is 84.5 Å². The number of nitrogens with zero attached hydrogens (tertiary/aromatic N) is 4. The Kier molecular flexibility index (Phi) is 1.22. The molecule has 7 nitrogen and oxygen atoms in total. The summed E-state index contributed by atoms with van der Waals surface area (Å²) in [5.41, 5.74) is 0.551. The number of aromatic amines is 1. The Hall–Kier alpha value is -2.96. The molecule has 6 rings (SSSR count). The highest BCUT2D eigenvalue weighted by Crippen LogP contribution is 2.40. The molecular formula is C12H5N5O2. The van der Waals surface area contributed by atoms with E-state index in [0.29, 0.717) is 11.0 Å². The van der Waals surface area contributed by atoms with Gasteiger partial charge in [0.1, 0.15) is 0 Å². The quantitative estimate of drug-likeness (QED) is 0.426. The highest BCUT2D eigenvalue weighted by atomic mass is 16.2. The summed E-state index contributed by atoms with van der Waals surface area (Å²) in [7, 11) is 0. The number of hydrogen-bond acceptors (Lipinski definition) is 4. The smallest absolute Gasteiger partial charge is 0.256 e. The molecule has 0 radical (unpaired) electrons. The average molecular weight is 251 g/mol. The van der Waals surface area contributed by atoms with Gasteiger partial charge in [-0.15, -0.1) is 0 Å². The number of fused-ring (bicyclic) bond motifs is 2. The van der Waals surface area contributed by atoms with Crippen LogP contribution in [-0.4, -0.2) is 24.2 Å². The molecule has 1 N–H and O–H groups in total. The number of rotatable bonds is 0. The SMILES string of the molecule is O=c1[nH]c(=O)n2c3ccc(c4c5cnncc5c43)n12. The maximum Gasteiger partial charge on any atom is 0.349 e. The third kappa shape index (κ3) is 0.786. The minimum atomic E-state index is -0.427. The van der Waals surface area contributed by atoms with Crippen molar-refractivity contribution in [2.75, 3.05) is 0 Å². The minimum absolute atomic E-state index is 0.427. The molecule has 90 valence electrons. The first-order valence-electron chi connectivity index (χ1n) is 5.71. The van der Waals surface area contributed by atoms with E-state index < -0.39 is 11.4 Å². The molecule has 0 amide bonds. The first-order chi connectivity index (χ1) is 9.27. The summed E-state index contributed by atoms with van der Waals surface area (Å²) in [4.78, 5) is 26.0. The summed E-state index contributed by atoms with van der Waals surface area (Å²) >= 11 is 0. The first-order valence-corrected chi connectivity index (χ1v) is 5.71. The number of hydrogen-bond donors (Lipinski definition) is 1. The van der Waals surface area contributed by atoms with Crippen molar-refractivity contribution in [3.8, 4) is 0 Å². The summed E-state index contributed by atoms with van der Waals surface area (Å²) < 4.78 is 2.72. The summed E-state index contributed by atoms with van der Waals surface area (Å²) in [6.45, 7) is 0. The van der Waals surface area contributed by atoms with E-state index in [-0.39, 0.29) is 0 Å². The van der Waals surface area contributed by atoms with Crippen molar-refractivity contribution in [2.24, 2.45) is 0 Å². The molecule has 0 unspecified atom stereocenters. The highest BCUT2D eigenvalue weighted by Gasteiger charge is 2.21. The largest absolute Gasteiger partial charge is 0.349 e. The van der Waals surface area contributed by atoms with Gasteiger partial charge >= 0.3 is 11.4 Å². The van der Waals surface area contributed by atoms with Crippen molar-refractivity contribution in [2.45, 2.75) is 0 Å². The van der Waals surface area contributed by atoms with Crippen LogP contribution in [0.25, 0.3) is 32.6 Å². The van der Waals surface area contributed by atoms with Gasteiger partial charge in [-0.2, -0.15) is 19.2 Å². The molecule has 2 bridgehead atoms. The van der Waals surface area contributed by atoms with E-state index in [1.165, 1.54) is 9.03 Å². The van der Waals surface area contributed by atoms with Crippen LogP contribution >= 0.6 is 0 Å². The maximum atomic E-state index is 11.8. The molecule has 0 aliphatic rings. The average Bonchev–Trinajstić information content (AvgIpc) is 2.72. The zero-order valence-corrected chi connectivity index (χ0v) is 9.41. The van der Waals surface area contributed by atoms with E-state index in [0.717, 1.165) is 21.5 Å². The van der Waals surface area contributed by atoms with Crippen LogP contribution in [0.5, 0.6) is 0 Å². The van der Waals surface area contributed by atoms with Crippen LogP contribution in [0.4, 0.5) is 0 Å². The second-order valence-electron chi connectivity index (χ2n) is 4.53. The van der Waals surface area contributed by atoms with Crippen molar-refractivity contribution in [3.63, 3.8) is 0 Å². The molecule has 7 heteroatoms. The standard InChI is InChI=1S/C12H5N5O2/c18-11-15-12(19)17-8-2-1-7(16(11)17)9-5-3-13-14-4-6(5)10(8)9/h1-4H,(H,15,18,19). The fourth-order valence-electron chi connectivity index (χ4n) is 2.95. The fraction of sp³-hybridized carbons (Fsp3) is 0. The Labute approximate surface area is 103 Å². The fourth-order valence-corrected chi connectivity index (χ4v) is 2.95. The van der Waals surface area contributed by atoms with Crippen molar-refractivity contribution in [1.29, 1.82) is 0 Å². The molecule has 0 aliphatic heterocycles. The number of benzene rings is 1. The minimum Gasteiger partial charge on any atom is -0.256 e. The summed E-state index contributed by atoms with van der Waals surface area (Å²) in [5.74, 6) is 0. The van der Waals surface area contributed by atoms with Gasteiger partial charge in [0.25, 0.3) is 0 Å². The van der Waals surface area contributed by atoms with Crippen molar-refractivity contribution in [1.82, 2.24) is 24.2 Å². The van der Waals surface area contributed by atoms with E-state index in [1.807, 2.05) is 12.1 Å². The van der Waals surface area contributed by atoms with Gasteiger partial charge < -0.3 is 0 Å². The molecule has 0 aliphatic carbocycles. The zero-order chi connectivity index (χ0) is 12.7. The number of aromatic nitrogens is 5. The van der Waals surface area contributed by atoms with Gasteiger partial charge in [0.05, 0.1) is 23.4 Å². The van der Waals surface area contributed by atoms with Crippen molar-refractivity contribution >= 4 is 32.6 Å². The van der Waals surface area contributed by atoms with E-state index in [1.54, 1.807) is 12.4 Å². The molecule has 0 saturated heterocycles. The zero-order valence-electron chi connectivity index (χ0n) is 9.41. The number of nitrogens with one attached hydrogen (secondary N) is 1. The van der Waals surface area contributed by atoms with E-state index in [2.05, 4.69) is 15.2 Å². The van der Waals surface area contributed by atoms with Gasteiger partial charge in [-0.1, -0.05) is 0 Å². The normalized spacial score (nSPS) is 12.6. The van der Waals surface area contributed by atoms with Gasteiger partial charge in [0.15, 0.2) is 0 Å². The van der Waals surface area contributed by atoms with Crippen molar-refractivity contribution in [3.05, 3.63) is 45.5 Å². The van der Waals surface area contributed by atoms with Gasteiger partial charge in [-0.25, -0.2) is 9.59 Å². The molecule has 2 aromatic carbocycles. The van der Waals surface area contributed by atoms with Gasteiger partial charge in [0.2, 0.25) is 0 Å². The van der Waals surface area contributed by atoms with Crippen LogP contribution < -0.4 is 11.4 Å². The van der Waals surface area contributed by atoms with Crippen LogP contribution in [0.2, 0.25) is 0 Å². The van der Waals surface area contributed by atoms with Gasteiger partial charge in [0, 0.05) is 21.5 Å². The lowest BCUT2D eigenvalue weighted by Crippen LogP contribution is -2.18. The molecule has 6 aromatic rings. The van der Waals surface area contributed by atoms with Crippen LogP contribution in [0.15, 0.2) is 34.1 Å². The molecule has 0 spiro atoms. The molecular weight excluding hydrogens is 246 g/mol. The Morgan fingerprint density at radius 3 is 1.79 bits per heavy atom. The van der Waals surface area contributed by atoms with E-state index in [9.17, 15) is 9.59 Å². The van der Waals surface area contributed by atoms with Gasteiger partial charge in [-0.3, -0.25) is 4.98 Å². The van der Waals surface area contributed by atoms with E-state index >= 15 is 0 Å². The second-order valence-corrected chi connectivity index (χ2v) is 4.53. The van der Waals surface area contributed by atoms with Crippen LogP contribution in [0, 0.1) is 0 Å². The Morgan fingerprint density at radius 2 is 1.32 bits per heavy atom. The lowest BCUT2D eigenvalue weighted by atomic mass is 9.94. The van der Waals surface area contributed by atoms with Crippen LogP contribution in [0.3, 0.4) is 0 Å². The highest BCUT2D eigenvalue weighted by molar-refractivity contribution is 6.34. The third-order valence-corrected chi connectivity index (χ3v) is 3.69. The molecule has 0 saturated carbocycles.